The molecule has 8 heteroatoms. The van der Waals surface area contributed by atoms with Gasteiger partial charge in [-0.05, 0) is 68.1 Å². The minimum absolute atomic E-state index is 0.115. The third kappa shape index (κ3) is 4.44. The molecule has 3 heterocycles. The molecule has 0 bridgehead atoms. The Morgan fingerprint density at radius 2 is 1.64 bits per heavy atom. The van der Waals surface area contributed by atoms with Crippen LogP contribution in [0.1, 0.15) is 19.5 Å². The van der Waals surface area contributed by atoms with Crippen LogP contribution in [0.2, 0.25) is 0 Å². The molecule has 1 aliphatic rings. The molecule has 3 N–H and O–H groups in total. The number of H-pyrrole nitrogens is 1. The Morgan fingerprint density at radius 3 is 2.31 bits per heavy atom. The number of nitrogens with two attached hydrogens (primary N) is 1. The van der Waals surface area contributed by atoms with Gasteiger partial charge < -0.3 is 15.6 Å². The van der Waals surface area contributed by atoms with E-state index in [4.69, 9.17) is 5.73 Å². The van der Waals surface area contributed by atoms with Crippen molar-refractivity contribution in [2.75, 3.05) is 36.8 Å². The van der Waals surface area contributed by atoms with E-state index in [1.54, 1.807) is 19.1 Å². The number of piperazine rings is 1. The number of fused-ring (bicyclic) bond motifs is 1. The highest BCUT2D eigenvalue weighted by Gasteiger charge is 2.20. The monoisotopic (exact) mass is 489 g/mol. The lowest BCUT2D eigenvalue weighted by Gasteiger charge is -2.38. The van der Waals surface area contributed by atoms with E-state index in [0.29, 0.717) is 22.7 Å². The Hall–Kier alpha value is -3.78. The van der Waals surface area contributed by atoms with E-state index in [2.05, 4.69) is 33.6 Å². The van der Waals surface area contributed by atoms with Gasteiger partial charge in [0.25, 0.3) is 5.56 Å². The molecule has 1 fully saturated rings. The molecule has 0 amide bonds. The van der Waals surface area contributed by atoms with E-state index in [1.807, 2.05) is 24.3 Å². The van der Waals surface area contributed by atoms with Gasteiger partial charge in [0.15, 0.2) is 0 Å². The maximum atomic E-state index is 15.1. The molecule has 4 aromatic rings. The fourth-order valence-electron chi connectivity index (χ4n) is 4.90. The van der Waals surface area contributed by atoms with Gasteiger partial charge in [-0.25, -0.2) is 9.37 Å². The van der Waals surface area contributed by atoms with Gasteiger partial charge in [0, 0.05) is 65.7 Å². The van der Waals surface area contributed by atoms with Crippen molar-refractivity contribution >= 4 is 22.3 Å². The first-order valence-corrected chi connectivity index (χ1v) is 12.1. The fourth-order valence-corrected chi connectivity index (χ4v) is 4.90. The second-order valence-corrected chi connectivity index (χ2v) is 9.62. The Kier molecular flexibility index (Phi) is 6.22. The summed E-state index contributed by atoms with van der Waals surface area (Å²) in [5.74, 6) is -1.46. The van der Waals surface area contributed by atoms with Crippen LogP contribution >= 0.6 is 0 Å². The van der Waals surface area contributed by atoms with Gasteiger partial charge in [-0.1, -0.05) is 12.1 Å². The molecule has 0 spiro atoms. The molecular weight excluding hydrogens is 460 g/mol. The van der Waals surface area contributed by atoms with Gasteiger partial charge in [0.2, 0.25) is 5.95 Å². The predicted molar refractivity (Wildman–Crippen MR) is 141 cm³/mol. The van der Waals surface area contributed by atoms with Crippen LogP contribution < -0.4 is 16.2 Å². The molecule has 6 nitrogen and oxygen atoms in total. The van der Waals surface area contributed by atoms with Crippen molar-refractivity contribution in [2.24, 2.45) is 0 Å². The number of aromatic amines is 1. The summed E-state index contributed by atoms with van der Waals surface area (Å²) in [5, 5.41) is 0.806. The van der Waals surface area contributed by atoms with Gasteiger partial charge in [0.05, 0.1) is 0 Å². The Balaban J connectivity index is 1.49. The van der Waals surface area contributed by atoms with Crippen molar-refractivity contribution < 1.29 is 8.78 Å². The zero-order valence-electron chi connectivity index (χ0n) is 20.6. The quantitative estimate of drug-likeness (QED) is 0.397. The zero-order valence-corrected chi connectivity index (χ0v) is 20.6. The summed E-state index contributed by atoms with van der Waals surface area (Å²) in [4.78, 5) is 23.5. The maximum absolute atomic E-state index is 15.1. The number of benzene rings is 2. The number of nitrogens with zero attached hydrogens (tertiary/aromatic N) is 3. The van der Waals surface area contributed by atoms with E-state index in [-0.39, 0.29) is 33.5 Å². The standard InChI is InChI=1S/C28H29F2N5O/c1-16(2)34-8-10-35(11-9-34)20-6-4-18(5-7-20)21-14-24(27(31)33-26(21)30)23-13-19-12-17(3)32-28(36)22(19)15-25(23)29/h4-7,12-16H,8-11H2,1-3H3,(H2,31,33)(H,32,36). The number of aryl methyl sites for hydroxylation is 1. The molecule has 1 saturated heterocycles. The summed E-state index contributed by atoms with van der Waals surface area (Å²) < 4.78 is 30.0. The van der Waals surface area contributed by atoms with Crippen molar-refractivity contribution in [3.05, 3.63) is 76.3 Å². The van der Waals surface area contributed by atoms with E-state index >= 15 is 4.39 Å². The summed E-state index contributed by atoms with van der Waals surface area (Å²) >= 11 is 0. The summed E-state index contributed by atoms with van der Waals surface area (Å²) in [6.07, 6.45) is 0. The minimum atomic E-state index is -0.719. The third-order valence-electron chi connectivity index (χ3n) is 6.95. The fraction of sp³-hybridized carbons (Fsp3) is 0.286. The molecule has 0 atom stereocenters. The second kappa shape index (κ2) is 9.35. The summed E-state index contributed by atoms with van der Waals surface area (Å²) in [5.41, 5.74) is 8.69. The molecule has 0 unspecified atom stereocenters. The number of nitrogens with one attached hydrogen (secondary N) is 1. The zero-order chi connectivity index (χ0) is 25.6. The number of aromatic nitrogens is 2. The molecule has 1 aliphatic heterocycles. The van der Waals surface area contributed by atoms with E-state index in [0.717, 1.165) is 31.9 Å². The lowest BCUT2D eigenvalue weighted by molar-refractivity contribution is 0.209. The number of pyridine rings is 2. The number of hydrogen-bond acceptors (Lipinski definition) is 5. The van der Waals surface area contributed by atoms with Crippen LogP contribution in [-0.4, -0.2) is 47.1 Å². The lowest BCUT2D eigenvalue weighted by atomic mass is 9.98. The van der Waals surface area contributed by atoms with Crippen LogP contribution in [0, 0.1) is 18.7 Å². The van der Waals surface area contributed by atoms with Crippen LogP contribution in [0.25, 0.3) is 33.0 Å². The number of anilines is 2. The van der Waals surface area contributed by atoms with Crippen LogP contribution in [0.5, 0.6) is 0 Å². The molecule has 0 radical (unpaired) electrons. The highest BCUT2D eigenvalue weighted by molar-refractivity contribution is 5.90. The molecule has 36 heavy (non-hydrogen) atoms. The molecule has 0 saturated carbocycles. The van der Waals surface area contributed by atoms with E-state index in [9.17, 15) is 9.18 Å². The van der Waals surface area contributed by atoms with Crippen LogP contribution in [0.3, 0.4) is 0 Å². The topological polar surface area (TPSA) is 78.2 Å². The summed E-state index contributed by atoms with van der Waals surface area (Å²) in [6.45, 7) is 10.0. The number of nitrogen functional groups attached to an aromatic ring is 1. The molecule has 2 aromatic carbocycles. The lowest BCUT2D eigenvalue weighted by Crippen LogP contribution is -2.48. The van der Waals surface area contributed by atoms with E-state index in [1.165, 1.54) is 12.1 Å². The first-order chi connectivity index (χ1) is 17.2. The second-order valence-electron chi connectivity index (χ2n) is 9.62. The molecule has 0 aliphatic carbocycles. The predicted octanol–water partition coefficient (Wildman–Crippen LogP) is 4.96. The number of halogens is 2. The maximum Gasteiger partial charge on any atom is 0.256 e. The smallest absolute Gasteiger partial charge is 0.256 e. The third-order valence-corrected chi connectivity index (χ3v) is 6.95. The Morgan fingerprint density at radius 1 is 0.944 bits per heavy atom. The average molecular weight is 490 g/mol. The Bertz CT molecular complexity index is 1490. The number of hydrogen-bond donors (Lipinski definition) is 2. The molecular formula is C28H29F2N5O. The van der Waals surface area contributed by atoms with Crippen molar-refractivity contribution in [1.82, 2.24) is 14.9 Å². The Labute approximate surface area is 208 Å². The van der Waals surface area contributed by atoms with Crippen molar-refractivity contribution in [3.63, 3.8) is 0 Å². The van der Waals surface area contributed by atoms with Gasteiger partial charge in [-0.2, -0.15) is 4.39 Å². The normalized spacial score (nSPS) is 14.7. The molecule has 2 aromatic heterocycles. The van der Waals surface area contributed by atoms with E-state index < -0.39 is 11.8 Å². The minimum Gasteiger partial charge on any atom is -0.383 e. The van der Waals surface area contributed by atoms with Gasteiger partial charge in [0.1, 0.15) is 11.6 Å². The van der Waals surface area contributed by atoms with Gasteiger partial charge in [-0.15, -0.1) is 0 Å². The first kappa shape index (κ1) is 23.9. The highest BCUT2D eigenvalue weighted by Crippen LogP contribution is 2.35. The van der Waals surface area contributed by atoms with Gasteiger partial charge in [-0.3, -0.25) is 9.69 Å². The molecule has 186 valence electrons. The average Bonchev–Trinajstić information content (AvgIpc) is 2.85. The van der Waals surface area contributed by atoms with Crippen LogP contribution in [0.15, 0.2) is 53.3 Å². The van der Waals surface area contributed by atoms with Crippen molar-refractivity contribution in [1.29, 1.82) is 0 Å². The number of rotatable bonds is 4. The SMILES string of the molecule is Cc1cc2cc(-c3cc(-c4ccc(N5CCN(C(C)C)CC5)cc4)c(F)nc3N)c(F)cc2c(=O)[nH]1. The van der Waals surface area contributed by atoms with Crippen LogP contribution in [-0.2, 0) is 0 Å². The summed E-state index contributed by atoms with van der Waals surface area (Å²) in [6, 6.07) is 14.2. The van der Waals surface area contributed by atoms with Crippen molar-refractivity contribution in [3.8, 4) is 22.3 Å². The molecule has 5 rings (SSSR count). The highest BCUT2D eigenvalue weighted by atomic mass is 19.1. The first-order valence-electron chi connectivity index (χ1n) is 12.1. The summed E-state index contributed by atoms with van der Waals surface area (Å²) in [7, 11) is 0. The van der Waals surface area contributed by atoms with Gasteiger partial charge >= 0.3 is 0 Å². The van der Waals surface area contributed by atoms with Crippen molar-refractivity contribution in [2.45, 2.75) is 26.8 Å². The largest absolute Gasteiger partial charge is 0.383 e. The van der Waals surface area contributed by atoms with Crippen LogP contribution in [0.4, 0.5) is 20.3 Å².